The number of hydrogen-bond donors (Lipinski definition) is 1. The van der Waals surface area contributed by atoms with Gasteiger partial charge in [-0.05, 0) is 38.8 Å². The second kappa shape index (κ2) is 7.88. The van der Waals surface area contributed by atoms with Gasteiger partial charge < -0.3 is 0 Å². The molecule has 8 heteroatoms. The van der Waals surface area contributed by atoms with E-state index in [0.29, 0.717) is 5.13 Å². The number of nitrogens with one attached hydrogen (secondary N) is 1. The van der Waals surface area contributed by atoms with Crippen LogP contribution in [0.4, 0.5) is 5.13 Å². The molecule has 132 valence electrons. The van der Waals surface area contributed by atoms with Crippen molar-refractivity contribution < 1.29 is 4.79 Å². The van der Waals surface area contributed by atoms with Crippen molar-refractivity contribution in [1.29, 1.82) is 0 Å². The van der Waals surface area contributed by atoms with E-state index in [0.717, 1.165) is 27.2 Å². The molecule has 0 radical (unpaired) electrons. The number of anilines is 1. The van der Waals surface area contributed by atoms with Crippen molar-refractivity contribution in [3.63, 3.8) is 0 Å². The van der Waals surface area contributed by atoms with Gasteiger partial charge in [0, 0.05) is 11.3 Å². The van der Waals surface area contributed by atoms with E-state index >= 15 is 0 Å². The van der Waals surface area contributed by atoms with Crippen LogP contribution in [0.3, 0.4) is 0 Å². The van der Waals surface area contributed by atoms with E-state index in [4.69, 9.17) is 0 Å². The van der Waals surface area contributed by atoms with Crippen LogP contribution in [0.25, 0.3) is 10.6 Å². The zero-order valence-corrected chi connectivity index (χ0v) is 17.1. The van der Waals surface area contributed by atoms with Gasteiger partial charge in [-0.1, -0.05) is 52.6 Å². The van der Waals surface area contributed by atoms with E-state index in [-0.39, 0.29) is 11.2 Å². The van der Waals surface area contributed by atoms with Gasteiger partial charge in [0.1, 0.15) is 9.38 Å². The quantitative estimate of drug-likeness (QED) is 0.840. The number of carbonyl (C=O) groups excluding carboxylic acids is 1. The van der Waals surface area contributed by atoms with Gasteiger partial charge in [-0.2, -0.15) is 0 Å². The third-order valence-electron chi connectivity index (χ3n) is 3.75. The third kappa shape index (κ3) is 4.43. The third-order valence-corrected chi connectivity index (χ3v) is 6.91. The number of nitrogens with zero attached hydrogens (tertiary/aromatic N) is 3. The van der Waals surface area contributed by atoms with Gasteiger partial charge in [0.15, 0.2) is 0 Å². The summed E-state index contributed by atoms with van der Waals surface area (Å²) < 4.78 is 0.992. The van der Waals surface area contributed by atoms with Crippen molar-refractivity contribution in [3.05, 3.63) is 28.8 Å². The molecule has 1 aromatic carbocycles. The molecule has 1 aliphatic heterocycles. The molecule has 0 spiro atoms. The highest BCUT2D eigenvalue weighted by molar-refractivity contribution is 8.39. The number of aryl methyl sites for hydroxylation is 3. The lowest BCUT2D eigenvalue weighted by atomic mass is 10.0. The summed E-state index contributed by atoms with van der Waals surface area (Å²) in [6.07, 6.45) is 0. The number of hydrogen-bond acceptors (Lipinski definition) is 7. The second-order valence-electron chi connectivity index (χ2n) is 5.93. The molecule has 1 aliphatic rings. The van der Waals surface area contributed by atoms with Crippen LogP contribution in [0.5, 0.6) is 0 Å². The molecular formula is C17H20N4OS3. The summed E-state index contributed by atoms with van der Waals surface area (Å²) in [7, 11) is 0. The van der Waals surface area contributed by atoms with Crippen molar-refractivity contribution >= 4 is 50.3 Å². The van der Waals surface area contributed by atoms with Crippen molar-refractivity contribution in [1.82, 2.24) is 10.2 Å². The van der Waals surface area contributed by atoms with Crippen LogP contribution in [0.15, 0.2) is 17.1 Å². The van der Waals surface area contributed by atoms with Gasteiger partial charge in [0.25, 0.3) is 0 Å². The molecule has 1 aromatic heterocycles. The Balaban J connectivity index is 1.70. The molecule has 1 atom stereocenters. The van der Waals surface area contributed by atoms with Gasteiger partial charge in [-0.3, -0.25) is 15.1 Å². The van der Waals surface area contributed by atoms with Crippen molar-refractivity contribution in [2.75, 3.05) is 17.6 Å². The van der Waals surface area contributed by atoms with Crippen molar-refractivity contribution in [3.8, 4) is 10.6 Å². The average molecular weight is 393 g/mol. The number of rotatable bonds is 4. The molecule has 3 rings (SSSR count). The van der Waals surface area contributed by atoms with Gasteiger partial charge in [-0.25, -0.2) is 0 Å². The number of aliphatic imine (C=N–C) groups is 1. The minimum atomic E-state index is -0.209. The maximum Gasteiger partial charge on any atom is 0.239 e. The Labute approximate surface area is 160 Å². The summed E-state index contributed by atoms with van der Waals surface area (Å²) in [4.78, 5) is 16.7. The number of amides is 1. The summed E-state index contributed by atoms with van der Waals surface area (Å²) >= 11 is 4.62. The summed E-state index contributed by atoms with van der Waals surface area (Å²) in [6.45, 7) is 8.97. The molecule has 2 aromatic rings. The fourth-order valence-electron chi connectivity index (χ4n) is 2.69. The predicted octanol–water partition coefficient (Wildman–Crippen LogP) is 4.29. The van der Waals surface area contributed by atoms with Gasteiger partial charge in [0.2, 0.25) is 11.0 Å². The summed E-state index contributed by atoms with van der Waals surface area (Å²) in [5, 5.41) is 12.5. The smallest absolute Gasteiger partial charge is 0.239 e. The van der Waals surface area contributed by atoms with Crippen LogP contribution in [0.1, 0.15) is 23.6 Å². The van der Waals surface area contributed by atoms with E-state index in [9.17, 15) is 4.79 Å². The van der Waals surface area contributed by atoms with Gasteiger partial charge in [-0.15, -0.1) is 10.2 Å². The SMILES string of the molecule is Cc1cc(C)c(-c2nnc(NC(=O)[C@@H](C)SC3=NCCS3)s2)c(C)c1. The van der Waals surface area contributed by atoms with E-state index in [2.05, 4.69) is 53.4 Å². The molecule has 0 aliphatic carbocycles. The first kappa shape index (κ1) is 18.4. The van der Waals surface area contributed by atoms with Crippen LogP contribution < -0.4 is 5.32 Å². The molecule has 1 N–H and O–H groups in total. The molecule has 1 amide bonds. The Morgan fingerprint density at radius 1 is 1.24 bits per heavy atom. The van der Waals surface area contributed by atoms with E-state index in [1.807, 2.05) is 6.92 Å². The summed E-state index contributed by atoms with van der Waals surface area (Å²) in [5.41, 5.74) is 4.68. The number of aromatic nitrogens is 2. The van der Waals surface area contributed by atoms with Crippen LogP contribution in [0.2, 0.25) is 0 Å². The molecule has 2 heterocycles. The van der Waals surface area contributed by atoms with Gasteiger partial charge >= 0.3 is 0 Å². The number of thioether (sulfide) groups is 2. The maximum atomic E-state index is 12.4. The Morgan fingerprint density at radius 2 is 1.96 bits per heavy atom. The molecule has 25 heavy (non-hydrogen) atoms. The molecule has 0 saturated carbocycles. The average Bonchev–Trinajstić information content (AvgIpc) is 3.18. The maximum absolute atomic E-state index is 12.4. The van der Waals surface area contributed by atoms with Gasteiger partial charge in [0.05, 0.1) is 11.8 Å². The fraction of sp³-hybridized carbons (Fsp3) is 0.412. The topological polar surface area (TPSA) is 67.2 Å². The molecule has 0 unspecified atom stereocenters. The monoisotopic (exact) mass is 392 g/mol. The fourth-order valence-corrected chi connectivity index (χ4v) is 5.74. The molecule has 0 fully saturated rings. The largest absolute Gasteiger partial charge is 0.300 e. The molecule has 0 saturated heterocycles. The Hall–Kier alpha value is -1.38. The Morgan fingerprint density at radius 3 is 2.60 bits per heavy atom. The first-order chi connectivity index (χ1) is 11.9. The van der Waals surface area contributed by atoms with Crippen molar-refractivity contribution in [2.45, 2.75) is 32.9 Å². The molecule has 5 nitrogen and oxygen atoms in total. The first-order valence-corrected chi connectivity index (χ1v) is 10.7. The van der Waals surface area contributed by atoms with E-state index in [1.165, 1.54) is 39.8 Å². The minimum absolute atomic E-state index is 0.0692. The van der Waals surface area contributed by atoms with Crippen LogP contribution in [0, 0.1) is 20.8 Å². The Kier molecular flexibility index (Phi) is 5.81. The zero-order chi connectivity index (χ0) is 18.0. The highest BCUT2D eigenvalue weighted by atomic mass is 32.2. The number of benzene rings is 1. The highest BCUT2D eigenvalue weighted by Gasteiger charge is 2.20. The zero-order valence-electron chi connectivity index (χ0n) is 14.6. The first-order valence-electron chi connectivity index (χ1n) is 8.00. The lowest BCUT2D eigenvalue weighted by Crippen LogP contribution is -2.23. The van der Waals surface area contributed by atoms with Crippen molar-refractivity contribution in [2.24, 2.45) is 4.99 Å². The normalized spacial score (nSPS) is 15.1. The van der Waals surface area contributed by atoms with E-state index < -0.39 is 0 Å². The van der Waals surface area contributed by atoms with E-state index in [1.54, 1.807) is 11.8 Å². The predicted molar refractivity (Wildman–Crippen MR) is 110 cm³/mol. The lowest BCUT2D eigenvalue weighted by molar-refractivity contribution is -0.115. The minimum Gasteiger partial charge on any atom is -0.300 e. The standard InChI is InChI=1S/C17H20N4OS3/c1-9-7-10(2)13(11(3)8-9)15-20-21-16(25-15)19-14(22)12(4)24-17-18-5-6-23-17/h7-8,12H,5-6H2,1-4H3,(H,19,21,22)/t12-/m1/s1. The summed E-state index contributed by atoms with van der Waals surface area (Å²) in [6, 6.07) is 4.28. The van der Waals surface area contributed by atoms with Crippen LogP contribution >= 0.6 is 34.9 Å². The Bertz CT molecular complexity index is 808. The van der Waals surface area contributed by atoms with Crippen LogP contribution in [-0.2, 0) is 4.79 Å². The summed E-state index contributed by atoms with van der Waals surface area (Å²) in [5.74, 6) is 0.936. The second-order valence-corrected chi connectivity index (χ2v) is 9.58. The lowest BCUT2D eigenvalue weighted by Gasteiger charge is -2.09. The molecule has 0 bridgehead atoms. The number of carbonyl (C=O) groups is 1. The van der Waals surface area contributed by atoms with Crippen LogP contribution in [-0.4, -0.2) is 38.0 Å². The highest BCUT2D eigenvalue weighted by Crippen LogP contribution is 2.33. The molecular weight excluding hydrogens is 372 g/mol.